The number of likely N-dealkylation sites (tertiary alicyclic amines) is 1. The van der Waals surface area contributed by atoms with Crippen LogP contribution in [0.4, 0.5) is 0 Å². The summed E-state index contributed by atoms with van der Waals surface area (Å²) in [4.78, 5) is 21.3. The molecule has 0 aromatic carbocycles. The van der Waals surface area contributed by atoms with Gasteiger partial charge in [0.1, 0.15) is 5.76 Å². The summed E-state index contributed by atoms with van der Waals surface area (Å²) in [5.41, 5.74) is 4.39. The van der Waals surface area contributed by atoms with Gasteiger partial charge in [-0.2, -0.15) is 0 Å². The molecule has 28 heavy (non-hydrogen) atoms. The van der Waals surface area contributed by atoms with E-state index in [1.165, 1.54) is 22.4 Å². The zero-order chi connectivity index (χ0) is 19.8. The van der Waals surface area contributed by atoms with Crippen LogP contribution in [0.25, 0.3) is 0 Å². The van der Waals surface area contributed by atoms with Crippen LogP contribution in [0.2, 0.25) is 0 Å². The molecule has 6 nitrogen and oxygen atoms in total. The van der Waals surface area contributed by atoms with Gasteiger partial charge in [-0.1, -0.05) is 5.16 Å². The average Bonchev–Trinajstić information content (AvgIpc) is 3.25. The Bertz CT molecular complexity index is 837. The molecule has 1 atom stereocenters. The van der Waals surface area contributed by atoms with Crippen LogP contribution >= 0.6 is 11.3 Å². The van der Waals surface area contributed by atoms with Crippen molar-refractivity contribution < 1.29 is 9.32 Å². The van der Waals surface area contributed by atoms with Crippen LogP contribution in [0, 0.1) is 13.8 Å². The first-order chi connectivity index (χ1) is 13.4. The summed E-state index contributed by atoms with van der Waals surface area (Å²) in [7, 11) is 4.22. The molecule has 2 aliphatic heterocycles. The zero-order valence-corrected chi connectivity index (χ0v) is 18.1. The number of hydrogen-bond donors (Lipinski definition) is 0. The first-order valence-corrected chi connectivity index (χ1v) is 11.0. The van der Waals surface area contributed by atoms with E-state index in [1.54, 1.807) is 11.3 Å². The van der Waals surface area contributed by atoms with Crippen LogP contribution in [0.3, 0.4) is 0 Å². The molecule has 152 valence electrons. The highest BCUT2D eigenvalue weighted by Gasteiger charge is 2.30. The van der Waals surface area contributed by atoms with Gasteiger partial charge in [0, 0.05) is 54.6 Å². The summed E-state index contributed by atoms with van der Waals surface area (Å²) in [6, 6.07) is 0.470. The molecule has 0 aliphatic carbocycles. The van der Waals surface area contributed by atoms with Crippen molar-refractivity contribution in [2.75, 3.05) is 33.7 Å². The lowest BCUT2D eigenvalue weighted by Gasteiger charge is -2.36. The van der Waals surface area contributed by atoms with Crippen LogP contribution in [0.5, 0.6) is 0 Å². The number of nitrogens with zero attached hydrogens (tertiary/aromatic N) is 4. The number of likely N-dealkylation sites (N-methyl/N-ethyl adjacent to an activating group) is 1. The third-order valence-corrected chi connectivity index (χ3v) is 7.25. The van der Waals surface area contributed by atoms with E-state index in [2.05, 4.69) is 39.3 Å². The van der Waals surface area contributed by atoms with E-state index in [-0.39, 0.29) is 5.91 Å². The van der Waals surface area contributed by atoms with Gasteiger partial charge in [-0.05, 0) is 52.8 Å². The van der Waals surface area contributed by atoms with E-state index in [0.29, 0.717) is 6.04 Å². The highest BCUT2D eigenvalue weighted by Crippen LogP contribution is 2.31. The van der Waals surface area contributed by atoms with E-state index in [1.807, 2.05) is 13.8 Å². The maximum Gasteiger partial charge on any atom is 0.255 e. The van der Waals surface area contributed by atoms with Crippen LogP contribution < -0.4 is 0 Å². The number of aryl methyl sites for hydroxylation is 2. The minimum Gasteiger partial charge on any atom is -0.361 e. The predicted octanol–water partition coefficient (Wildman–Crippen LogP) is 3.08. The predicted molar refractivity (Wildman–Crippen MR) is 111 cm³/mol. The van der Waals surface area contributed by atoms with Crippen molar-refractivity contribution in [3.8, 4) is 0 Å². The summed E-state index contributed by atoms with van der Waals surface area (Å²) in [5, 5.41) is 6.16. The second kappa shape index (κ2) is 7.97. The van der Waals surface area contributed by atoms with Crippen LogP contribution in [-0.4, -0.2) is 65.5 Å². The van der Waals surface area contributed by atoms with Crippen molar-refractivity contribution in [1.82, 2.24) is 19.9 Å². The van der Waals surface area contributed by atoms with Gasteiger partial charge in [0.15, 0.2) is 0 Å². The maximum absolute atomic E-state index is 13.2. The fourth-order valence-electron chi connectivity index (χ4n) is 4.38. The van der Waals surface area contributed by atoms with Crippen molar-refractivity contribution >= 4 is 17.2 Å². The molecule has 0 saturated carbocycles. The highest BCUT2D eigenvalue weighted by atomic mass is 32.1. The maximum atomic E-state index is 13.2. The lowest BCUT2D eigenvalue weighted by atomic mass is 9.99. The molecule has 1 fully saturated rings. The van der Waals surface area contributed by atoms with E-state index >= 15 is 0 Å². The molecular formula is C21H30N4O2S. The number of piperidine rings is 1. The summed E-state index contributed by atoms with van der Waals surface area (Å²) < 4.78 is 5.31. The van der Waals surface area contributed by atoms with Gasteiger partial charge >= 0.3 is 0 Å². The first kappa shape index (κ1) is 19.6. The van der Waals surface area contributed by atoms with Gasteiger partial charge in [-0.15, -0.1) is 11.3 Å². The molecule has 0 N–H and O–H groups in total. The monoisotopic (exact) mass is 402 g/mol. The molecule has 4 heterocycles. The number of carbonyl (C=O) groups excluding carboxylic acids is 1. The van der Waals surface area contributed by atoms with Gasteiger partial charge in [0.2, 0.25) is 0 Å². The summed E-state index contributed by atoms with van der Waals surface area (Å²) in [5.74, 6) is 1.13. The Labute approximate surface area is 171 Å². The van der Waals surface area contributed by atoms with Gasteiger partial charge < -0.3 is 14.3 Å². The van der Waals surface area contributed by atoms with E-state index < -0.39 is 0 Å². The normalized spacial score (nSPS) is 20.6. The molecule has 1 saturated heterocycles. The Kier molecular flexibility index (Phi) is 5.58. The Morgan fingerprint density at radius 1 is 1.36 bits per heavy atom. The molecule has 0 spiro atoms. The van der Waals surface area contributed by atoms with E-state index in [4.69, 9.17) is 4.52 Å². The minimum atomic E-state index is 0.225. The van der Waals surface area contributed by atoms with Crippen LogP contribution in [0.15, 0.2) is 9.90 Å². The number of thiophene rings is 1. The lowest BCUT2D eigenvalue weighted by Crippen LogP contribution is -2.47. The van der Waals surface area contributed by atoms with Crippen LogP contribution in [0.1, 0.15) is 50.7 Å². The molecule has 2 aromatic heterocycles. The van der Waals surface area contributed by atoms with Gasteiger partial charge in [-0.25, -0.2) is 0 Å². The molecule has 0 unspecified atom stereocenters. The molecule has 4 rings (SSSR count). The standard InChI is InChI=1S/C21H30N4O2S/c1-14-18(15(2)27-22-14)11-24-9-7-17-19(13-28-20(17)12-24)21(26)25-8-5-6-16(10-25)23(3)4/h13,16H,5-12H2,1-4H3/t16-/m0/s1. The molecule has 1 amide bonds. The number of amides is 1. The zero-order valence-electron chi connectivity index (χ0n) is 17.3. The number of hydrogen-bond acceptors (Lipinski definition) is 6. The number of aromatic nitrogens is 1. The molecule has 2 aromatic rings. The second-order valence-corrected chi connectivity index (χ2v) is 9.29. The average molecular weight is 403 g/mol. The highest BCUT2D eigenvalue weighted by molar-refractivity contribution is 7.10. The van der Waals surface area contributed by atoms with Crippen LogP contribution in [-0.2, 0) is 19.5 Å². The summed E-state index contributed by atoms with van der Waals surface area (Å²) >= 11 is 1.74. The third kappa shape index (κ3) is 3.75. The topological polar surface area (TPSA) is 52.8 Å². The van der Waals surface area contributed by atoms with E-state index in [0.717, 1.165) is 62.6 Å². The summed E-state index contributed by atoms with van der Waals surface area (Å²) in [6.45, 7) is 8.43. The molecular weight excluding hydrogens is 372 g/mol. The van der Waals surface area contributed by atoms with Crippen molar-refractivity contribution in [2.45, 2.75) is 52.2 Å². The fourth-order valence-corrected chi connectivity index (χ4v) is 5.49. The Morgan fingerprint density at radius 2 is 2.18 bits per heavy atom. The van der Waals surface area contributed by atoms with Crippen molar-refractivity contribution in [2.24, 2.45) is 0 Å². The quantitative estimate of drug-likeness (QED) is 0.787. The van der Waals surface area contributed by atoms with E-state index in [9.17, 15) is 4.79 Å². The largest absolute Gasteiger partial charge is 0.361 e. The number of fused-ring (bicyclic) bond motifs is 1. The SMILES string of the molecule is Cc1noc(C)c1CN1CCc2c(C(=O)N3CCC[C@H](N(C)C)C3)csc2C1. The number of rotatable bonds is 4. The van der Waals surface area contributed by atoms with Gasteiger partial charge in [-0.3, -0.25) is 9.69 Å². The first-order valence-electron chi connectivity index (χ1n) is 10.1. The fraction of sp³-hybridized carbons (Fsp3) is 0.619. The molecule has 0 radical (unpaired) electrons. The molecule has 0 bridgehead atoms. The minimum absolute atomic E-state index is 0.225. The number of carbonyl (C=O) groups is 1. The lowest BCUT2D eigenvalue weighted by molar-refractivity contribution is 0.0634. The Balaban J connectivity index is 1.46. The van der Waals surface area contributed by atoms with Crippen molar-refractivity contribution in [3.05, 3.63) is 38.4 Å². The van der Waals surface area contributed by atoms with Crippen molar-refractivity contribution in [3.63, 3.8) is 0 Å². The van der Waals surface area contributed by atoms with Gasteiger partial charge in [0.25, 0.3) is 5.91 Å². The molecule has 7 heteroatoms. The van der Waals surface area contributed by atoms with Crippen molar-refractivity contribution in [1.29, 1.82) is 0 Å². The molecule has 2 aliphatic rings. The Hall–Kier alpha value is -1.70. The smallest absolute Gasteiger partial charge is 0.255 e. The third-order valence-electron chi connectivity index (χ3n) is 6.23. The van der Waals surface area contributed by atoms with Gasteiger partial charge in [0.05, 0.1) is 11.3 Å². The Morgan fingerprint density at radius 3 is 2.89 bits per heavy atom. The second-order valence-electron chi connectivity index (χ2n) is 8.33. The summed E-state index contributed by atoms with van der Waals surface area (Å²) in [6.07, 6.45) is 3.20.